The summed E-state index contributed by atoms with van der Waals surface area (Å²) in [6, 6.07) is 10.7. The number of nitriles is 1. The first-order valence-electron chi connectivity index (χ1n) is 4.86. The maximum Gasteiger partial charge on any atom is 0.0633 e. The van der Waals surface area contributed by atoms with Crippen LogP contribution >= 0.6 is 11.8 Å². The van der Waals surface area contributed by atoms with E-state index in [1.807, 2.05) is 0 Å². The second-order valence-electron chi connectivity index (χ2n) is 3.33. The van der Waals surface area contributed by atoms with E-state index in [4.69, 9.17) is 5.26 Å². The first-order chi connectivity index (χ1) is 6.76. The van der Waals surface area contributed by atoms with Crippen molar-refractivity contribution in [3.63, 3.8) is 0 Å². The highest BCUT2D eigenvalue weighted by molar-refractivity contribution is 8.00. The lowest BCUT2D eigenvalue weighted by Crippen LogP contribution is -1.98. The summed E-state index contributed by atoms with van der Waals surface area (Å²) in [6.07, 6.45) is 1.68. The van der Waals surface area contributed by atoms with Crippen molar-refractivity contribution in [2.24, 2.45) is 0 Å². The molecule has 0 aliphatic heterocycles. The highest BCUT2D eigenvalue weighted by atomic mass is 32.2. The van der Waals surface area contributed by atoms with E-state index in [0.29, 0.717) is 11.7 Å². The fourth-order valence-electron chi connectivity index (χ4n) is 1.25. The smallest absolute Gasteiger partial charge is 0.0633 e. The van der Waals surface area contributed by atoms with Crippen molar-refractivity contribution in [1.82, 2.24) is 0 Å². The van der Waals surface area contributed by atoms with E-state index in [1.165, 1.54) is 10.5 Å². The number of nitrogens with zero attached hydrogens (tertiary/aromatic N) is 1. The van der Waals surface area contributed by atoms with E-state index in [0.717, 1.165) is 6.42 Å². The fraction of sp³-hybridized carbons (Fsp3) is 0.417. The Bertz CT molecular complexity index is 327. The van der Waals surface area contributed by atoms with Gasteiger partial charge in [0.25, 0.3) is 0 Å². The Kier molecular flexibility index (Phi) is 4.55. The Morgan fingerprint density at radius 1 is 1.50 bits per heavy atom. The van der Waals surface area contributed by atoms with E-state index < -0.39 is 0 Å². The van der Waals surface area contributed by atoms with Crippen LogP contribution in [0.2, 0.25) is 0 Å². The highest BCUT2D eigenvalue weighted by Gasteiger charge is 2.07. The summed E-state index contributed by atoms with van der Waals surface area (Å²) < 4.78 is 0. The first kappa shape index (κ1) is 11.1. The maximum absolute atomic E-state index is 8.64. The van der Waals surface area contributed by atoms with Gasteiger partial charge in [0.05, 0.1) is 6.07 Å². The SMILES string of the molecule is CCC(CC#N)Sc1cccc(C)c1. The van der Waals surface area contributed by atoms with Crippen molar-refractivity contribution in [1.29, 1.82) is 5.26 Å². The fourth-order valence-corrected chi connectivity index (χ4v) is 2.37. The summed E-state index contributed by atoms with van der Waals surface area (Å²) in [5, 5.41) is 9.07. The molecule has 0 saturated heterocycles. The summed E-state index contributed by atoms with van der Waals surface area (Å²) in [5.74, 6) is 0. The van der Waals surface area contributed by atoms with Crippen LogP contribution in [-0.4, -0.2) is 5.25 Å². The van der Waals surface area contributed by atoms with Crippen LogP contribution in [0, 0.1) is 18.3 Å². The number of hydrogen-bond acceptors (Lipinski definition) is 2. The lowest BCUT2D eigenvalue weighted by Gasteiger charge is -2.10. The van der Waals surface area contributed by atoms with Gasteiger partial charge in [0.2, 0.25) is 0 Å². The monoisotopic (exact) mass is 205 g/mol. The van der Waals surface area contributed by atoms with Crippen LogP contribution < -0.4 is 0 Å². The van der Waals surface area contributed by atoms with Gasteiger partial charge in [-0.3, -0.25) is 0 Å². The Morgan fingerprint density at radius 3 is 2.86 bits per heavy atom. The van der Waals surface area contributed by atoms with Gasteiger partial charge in [0, 0.05) is 16.6 Å². The van der Waals surface area contributed by atoms with Gasteiger partial charge < -0.3 is 0 Å². The molecule has 0 radical (unpaired) electrons. The molecular formula is C12H15NS. The zero-order valence-electron chi connectivity index (χ0n) is 8.66. The summed E-state index contributed by atoms with van der Waals surface area (Å²) in [6.45, 7) is 4.22. The van der Waals surface area contributed by atoms with E-state index in [1.54, 1.807) is 11.8 Å². The predicted octanol–water partition coefficient (Wildman–Crippen LogP) is 3.78. The van der Waals surface area contributed by atoms with Crippen LogP contribution in [0.5, 0.6) is 0 Å². The molecule has 0 spiro atoms. The van der Waals surface area contributed by atoms with Crippen LogP contribution in [0.15, 0.2) is 29.2 Å². The summed E-state index contributed by atoms with van der Waals surface area (Å²) in [5.41, 5.74) is 1.28. The molecule has 1 rings (SSSR count). The molecule has 0 N–H and O–H groups in total. The van der Waals surface area contributed by atoms with Gasteiger partial charge >= 0.3 is 0 Å². The van der Waals surface area contributed by atoms with Crippen LogP contribution in [0.4, 0.5) is 0 Å². The van der Waals surface area contributed by atoms with Crippen LogP contribution in [-0.2, 0) is 0 Å². The molecule has 0 heterocycles. The summed E-state index contributed by atoms with van der Waals surface area (Å²) >= 11 is 1.80. The van der Waals surface area contributed by atoms with Gasteiger partial charge in [-0.1, -0.05) is 24.6 Å². The molecule has 1 unspecified atom stereocenters. The Balaban J connectivity index is 2.63. The van der Waals surface area contributed by atoms with Gasteiger partial charge in [0.1, 0.15) is 0 Å². The van der Waals surface area contributed by atoms with Gasteiger partial charge in [-0.05, 0) is 25.5 Å². The van der Waals surface area contributed by atoms with Crippen LogP contribution in [0.1, 0.15) is 25.3 Å². The third kappa shape index (κ3) is 3.43. The zero-order valence-corrected chi connectivity index (χ0v) is 9.47. The average molecular weight is 205 g/mol. The highest BCUT2D eigenvalue weighted by Crippen LogP contribution is 2.27. The van der Waals surface area contributed by atoms with E-state index >= 15 is 0 Å². The largest absolute Gasteiger partial charge is 0.198 e. The standard InChI is InChI=1S/C12H15NS/c1-3-11(7-8-13)14-12-6-4-5-10(2)9-12/h4-6,9,11H,3,7H2,1-2H3. The normalized spacial score (nSPS) is 12.1. The minimum atomic E-state index is 0.432. The molecule has 0 amide bonds. The molecule has 0 fully saturated rings. The molecule has 0 aliphatic rings. The first-order valence-corrected chi connectivity index (χ1v) is 5.74. The molecule has 74 valence electrons. The van der Waals surface area contributed by atoms with E-state index in [-0.39, 0.29) is 0 Å². The number of hydrogen-bond donors (Lipinski definition) is 0. The summed E-state index contributed by atoms with van der Waals surface area (Å²) in [4.78, 5) is 1.27. The van der Waals surface area contributed by atoms with E-state index in [2.05, 4.69) is 44.2 Å². The third-order valence-corrected chi connectivity index (χ3v) is 3.43. The van der Waals surface area contributed by atoms with Crippen LogP contribution in [0.25, 0.3) is 0 Å². The topological polar surface area (TPSA) is 23.8 Å². The van der Waals surface area contributed by atoms with Gasteiger partial charge in [-0.15, -0.1) is 11.8 Å². The molecule has 0 aliphatic carbocycles. The maximum atomic E-state index is 8.64. The third-order valence-electron chi connectivity index (χ3n) is 2.07. The van der Waals surface area contributed by atoms with E-state index in [9.17, 15) is 0 Å². The van der Waals surface area contributed by atoms with Crippen molar-refractivity contribution < 1.29 is 0 Å². The van der Waals surface area contributed by atoms with Crippen LogP contribution in [0.3, 0.4) is 0 Å². The molecule has 0 saturated carbocycles. The Hall–Kier alpha value is -0.940. The van der Waals surface area contributed by atoms with Crippen molar-refractivity contribution in [3.8, 4) is 6.07 Å². The van der Waals surface area contributed by atoms with Crippen molar-refractivity contribution in [2.45, 2.75) is 36.8 Å². The number of aryl methyl sites for hydroxylation is 1. The predicted molar refractivity (Wildman–Crippen MR) is 61.3 cm³/mol. The molecule has 1 atom stereocenters. The van der Waals surface area contributed by atoms with Gasteiger partial charge in [-0.25, -0.2) is 0 Å². The number of rotatable bonds is 4. The number of benzene rings is 1. The van der Waals surface area contributed by atoms with Crippen molar-refractivity contribution >= 4 is 11.8 Å². The minimum Gasteiger partial charge on any atom is -0.198 e. The number of thioether (sulfide) groups is 1. The minimum absolute atomic E-state index is 0.432. The van der Waals surface area contributed by atoms with Crippen molar-refractivity contribution in [2.75, 3.05) is 0 Å². The molecule has 0 aromatic heterocycles. The Labute approximate surface area is 90.1 Å². The molecule has 1 nitrogen and oxygen atoms in total. The van der Waals surface area contributed by atoms with Crippen molar-refractivity contribution in [3.05, 3.63) is 29.8 Å². The Morgan fingerprint density at radius 2 is 2.29 bits per heavy atom. The zero-order chi connectivity index (χ0) is 10.4. The molecular weight excluding hydrogens is 190 g/mol. The second-order valence-corrected chi connectivity index (χ2v) is 4.70. The average Bonchev–Trinajstić information content (AvgIpc) is 2.17. The lowest BCUT2D eigenvalue weighted by atomic mass is 10.2. The molecule has 2 heteroatoms. The lowest BCUT2D eigenvalue weighted by molar-refractivity contribution is 0.842. The molecule has 1 aromatic carbocycles. The van der Waals surface area contributed by atoms with Gasteiger partial charge in [-0.2, -0.15) is 5.26 Å². The summed E-state index contributed by atoms with van der Waals surface area (Å²) in [7, 11) is 0. The molecule has 1 aromatic rings. The second kappa shape index (κ2) is 5.72. The molecule has 0 bridgehead atoms. The molecule has 14 heavy (non-hydrogen) atoms. The van der Waals surface area contributed by atoms with Gasteiger partial charge in [0.15, 0.2) is 0 Å². The quantitative estimate of drug-likeness (QED) is 0.698.